The Labute approximate surface area is 111 Å². The number of nitrogens with zero attached hydrogens (tertiary/aromatic N) is 1. The summed E-state index contributed by atoms with van der Waals surface area (Å²) >= 11 is 8.00. The van der Waals surface area contributed by atoms with Crippen molar-refractivity contribution < 1.29 is 0 Å². The number of hydrogen-bond donors (Lipinski definition) is 1. The van der Waals surface area contributed by atoms with Crippen LogP contribution >= 0.6 is 22.9 Å². The molecule has 0 aliphatic heterocycles. The van der Waals surface area contributed by atoms with Crippen molar-refractivity contribution in [3.05, 3.63) is 51.2 Å². The molecule has 2 nitrogen and oxygen atoms in total. The fourth-order valence-corrected chi connectivity index (χ4v) is 2.81. The minimum Gasteiger partial charge on any atom is -0.368 e. The maximum Gasteiger partial charge on any atom is 0.0642 e. The minimum absolute atomic E-state index is 0.522. The van der Waals surface area contributed by atoms with Crippen LogP contribution in [0.15, 0.2) is 35.7 Å². The molecule has 0 atom stereocenters. The van der Waals surface area contributed by atoms with Crippen LogP contribution in [0, 0.1) is 0 Å². The number of rotatable bonds is 4. The smallest absolute Gasteiger partial charge is 0.0642 e. The summed E-state index contributed by atoms with van der Waals surface area (Å²) in [6, 6.07) is 10.2. The lowest BCUT2D eigenvalue weighted by molar-refractivity contribution is 0.938. The summed E-state index contributed by atoms with van der Waals surface area (Å²) < 4.78 is 0. The van der Waals surface area contributed by atoms with E-state index in [1.165, 1.54) is 4.88 Å². The zero-order chi connectivity index (χ0) is 12.3. The molecule has 0 radical (unpaired) electrons. The van der Waals surface area contributed by atoms with E-state index in [-0.39, 0.29) is 0 Å². The molecule has 2 aromatic rings. The van der Waals surface area contributed by atoms with Crippen LogP contribution in [0.3, 0.4) is 0 Å². The van der Waals surface area contributed by atoms with Gasteiger partial charge in [0.2, 0.25) is 0 Å². The summed E-state index contributed by atoms with van der Waals surface area (Å²) in [5, 5.41) is 2.84. The quantitative estimate of drug-likeness (QED) is 0.918. The van der Waals surface area contributed by atoms with E-state index >= 15 is 0 Å². The van der Waals surface area contributed by atoms with E-state index in [0.29, 0.717) is 6.54 Å². The zero-order valence-electron chi connectivity index (χ0n) is 9.69. The topological polar surface area (TPSA) is 29.3 Å². The third-order valence-corrected chi connectivity index (χ3v) is 3.80. The van der Waals surface area contributed by atoms with Crippen molar-refractivity contribution in [2.75, 3.05) is 11.9 Å². The molecule has 1 heterocycles. The second kappa shape index (κ2) is 5.54. The van der Waals surface area contributed by atoms with Gasteiger partial charge in [0.05, 0.1) is 17.3 Å². The summed E-state index contributed by atoms with van der Waals surface area (Å²) in [6.07, 6.45) is 0. The van der Waals surface area contributed by atoms with E-state index in [1.807, 2.05) is 25.2 Å². The fraction of sp³-hybridized carbons (Fsp3) is 0.231. The Morgan fingerprint density at radius 3 is 2.76 bits per heavy atom. The van der Waals surface area contributed by atoms with Crippen molar-refractivity contribution in [1.82, 2.24) is 0 Å². The molecule has 0 aliphatic carbocycles. The third kappa shape index (κ3) is 3.00. The average Bonchev–Trinajstić information content (AvgIpc) is 2.81. The number of hydrogen-bond acceptors (Lipinski definition) is 3. The van der Waals surface area contributed by atoms with Crippen LogP contribution in [0.1, 0.15) is 10.4 Å². The van der Waals surface area contributed by atoms with E-state index in [9.17, 15) is 0 Å². The predicted molar refractivity (Wildman–Crippen MR) is 75.8 cm³/mol. The Bertz CT molecular complexity index is 482. The van der Waals surface area contributed by atoms with Gasteiger partial charge < -0.3 is 10.6 Å². The highest BCUT2D eigenvalue weighted by Gasteiger charge is 2.07. The predicted octanol–water partition coefficient (Wildman–Crippen LogP) is 3.50. The van der Waals surface area contributed by atoms with Crippen molar-refractivity contribution in [3.8, 4) is 0 Å². The average molecular weight is 267 g/mol. The molecule has 0 aliphatic rings. The summed E-state index contributed by atoms with van der Waals surface area (Å²) in [7, 11) is 2.04. The third-order valence-electron chi connectivity index (χ3n) is 2.63. The second-order valence-electron chi connectivity index (χ2n) is 3.93. The van der Waals surface area contributed by atoms with E-state index in [0.717, 1.165) is 22.8 Å². The number of halogens is 1. The highest BCUT2D eigenvalue weighted by atomic mass is 35.5. The van der Waals surface area contributed by atoms with Crippen molar-refractivity contribution in [3.63, 3.8) is 0 Å². The number of nitrogens with two attached hydrogens (primary N) is 1. The summed E-state index contributed by atoms with van der Waals surface area (Å²) in [4.78, 5) is 3.47. The molecule has 0 bridgehead atoms. The van der Waals surface area contributed by atoms with Gasteiger partial charge in [-0.05, 0) is 29.1 Å². The molecule has 90 valence electrons. The molecule has 0 amide bonds. The molecular formula is C13H15ClN2S. The maximum atomic E-state index is 6.25. The molecule has 0 unspecified atom stereocenters. The van der Waals surface area contributed by atoms with Crippen LogP contribution in [0.5, 0.6) is 0 Å². The van der Waals surface area contributed by atoms with E-state index < -0.39 is 0 Å². The lowest BCUT2D eigenvalue weighted by atomic mass is 10.2. The Morgan fingerprint density at radius 2 is 2.18 bits per heavy atom. The fourth-order valence-electron chi connectivity index (χ4n) is 1.71. The van der Waals surface area contributed by atoms with Crippen LogP contribution in [0.2, 0.25) is 5.02 Å². The van der Waals surface area contributed by atoms with Crippen molar-refractivity contribution in [2.24, 2.45) is 5.73 Å². The normalized spacial score (nSPS) is 10.5. The molecular weight excluding hydrogens is 252 g/mol. The van der Waals surface area contributed by atoms with Crippen LogP contribution in [-0.4, -0.2) is 7.05 Å². The van der Waals surface area contributed by atoms with Crippen molar-refractivity contribution in [1.29, 1.82) is 0 Å². The molecule has 2 N–H and O–H groups in total. The van der Waals surface area contributed by atoms with Crippen LogP contribution < -0.4 is 10.6 Å². The van der Waals surface area contributed by atoms with Gasteiger partial charge in [-0.25, -0.2) is 0 Å². The minimum atomic E-state index is 0.522. The van der Waals surface area contributed by atoms with Gasteiger partial charge in [-0.15, -0.1) is 11.3 Å². The Hall–Kier alpha value is -1.03. The van der Waals surface area contributed by atoms with Gasteiger partial charge in [0.15, 0.2) is 0 Å². The standard InChI is InChI=1S/C13H15ClN2S/c1-16(9-11-3-2-6-17-11)13-5-4-10(8-15)7-12(13)14/h2-7H,8-9,15H2,1H3. The number of benzene rings is 1. The SMILES string of the molecule is CN(Cc1cccs1)c1ccc(CN)cc1Cl. The van der Waals surface area contributed by atoms with Gasteiger partial charge in [0, 0.05) is 18.5 Å². The Balaban J connectivity index is 2.16. The maximum absolute atomic E-state index is 6.25. The van der Waals surface area contributed by atoms with E-state index in [4.69, 9.17) is 17.3 Å². The molecule has 0 fully saturated rings. The molecule has 1 aromatic carbocycles. The first-order valence-electron chi connectivity index (χ1n) is 5.42. The van der Waals surface area contributed by atoms with E-state index in [1.54, 1.807) is 11.3 Å². The molecule has 0 spiro atoms. The molecule has 4 heteroatoms. The first-order chi connectivity index (χ1) is 8.20. The van der Waals surface area contributed by atoms with E-state index in [2.05, 4.69) is 22.4 Å². The molecule has 0 saturated carbocycles. The van der Waals surface area contributed by atoms with Gasteiger partial charge in [0.1, 0.15) is 0 Å². The Kier molecular flexibility index (Phi) is 4.05. The number of anilines is 1. The van der Waals surface area contributed by atoms with Crippen LogP contribution in [0.4, 0.5) is 5.69 Å². The molecule has 17 heavy (non-hydrogen) atoms. The number of thiophene rings is 1. The van der Waals surface area contributed by atoms with Gasteiger partial charge in [-0.3, -0.25) is 0 Å². The highest BCUT2D eigenvalue weighted by Crippen LogP contribution is 2.27. The molecule has 1 aromatic heterocycles. The van der Waals surface area contributed by atoms with Crippen molar-refractivity contribution in [2.45, 2.75) is 13.1 Å². The molecule has 2 rings (SSSR count). The first kappa shape index (κ1) is 12.4. The van der Waals surface area contributed by atoms with Crippen molar-refractivity contribution >= 4 is 28.6 Å². The van der Waals surface area contributed by atoms with Gasteiger partial charge >= 0.3 is 0 Å². The lowest BCUT2D eigenvalue weighted by Gasteiger charge is -2.20. The van der Waals surface area contributed by atoms with Gasteiger partial charge in [-0.2, -0.15) is 0 Å². The van der Waals surface area contributed by atoms with Gasteiger partial charge in [0.25, 0.3) is 0 Å². The summed E-state index contributed by atoms with van der Waals surface area (Å²) in [5.74, 6) is 0. The first-order valence-corrected chi connectivity index (χ1v) is 6.68. The lowest BCUT2D eigenvalue weighted by Crippen LogP contribution is -2.16. The summed E-state index contributed by atoms with van der Waals surface area (Å²) in [6.45, 7) is 1.40. The molecule has 0 saturated heterocycles. The summed E-state index contributed by atoms with van der Waals surface area (Å²) in [5.41, 5.74) is 7.68. The van der Waals surface area contributed by atoms with Gasteiger partial charge in [-0.1, -0.05) is 23.7 Å². The Morgan fingerprint density at radius 1 is 1.35 bits per heavy atom. The second-order valence-corrected chi connectivity index (χ2v) is 5.36. The van der Waals surface area contributed by atoms with Crippen LogP contribution in [0.25, 0.3) is 0 Å². The zero-order valence-corrected chi connectivity index (χ0v) is 11.3. The largest absolute Gasteiger partial charge is 0.368 e. The monoisotopic (exact) mass is 266 g/mol. The highest BCUT2D eigenvalue weighted by molar-refractivity contribution is 7.09. The van der Waals surface area contributed by atoms with Crippen LogP contribution in [-0.2, 0) is 13.1 Å².